The second-order valence-corrected chi connectivity index (χ2v) is 7.62. The van der Waals surface area contributed by atoms with Gasteiger partial charge in [0.15, 0.2) is 5.82 Å². The lowest BCUT2D eigenvalue weighted by molar-refractivity contribution is 0.122. The second kappa shape index (κ2) is 9.56. The van der Waals surface area contributed by atoms with Gasteiger partial charge in [0.05, 0.1) is 31.4 Å². The minimum atomic E-state index is -2.80. The molecule has 34 heavy (non-hydrogen) atoms. The molecule has 176 valence electrons. The number of nitrogens with zero attached hydrogens (tertiary/aromatic N) is 6. The zero-order valence-corrected chi connectivity index (χ0v) is 18.5. The molecule has 0 bridgehead atoms. The van der Waals surface area contributed by atoms with Crippen molar-refractivity contribution < 1.29 is 18.3 Å². The molecule has 1 saturated heterocycles. The lowest BCUT2D eigenvalue weighted by Crippen LogP contribution is -2.37. The molecule has 2 aromatic heterocycles. The minimum Gasteiger partial charge on any atom is -0.496 e. The third-order valence-corrected chi connectivity index (χ3v) is 5.52. The Kier molecular flexibility index (Phi) is 6.17. The van der Waals surface area contributed by atoms with Crippen LogP contribution in [0, 0.1) is 0 Å². The van der Waals surface area contributed by atoms with Crippen molar-refractivity contribution in [2.75, 3.05) is 43.6 Å². The van der Waals surface area contributed by atoms with Crippen molar-refractivity contribution in [1.82, 2.24) is 24.5 Å². The van der Waals surface area contributed by atoms with E-state index in [1.54, 1.807) is 31.4 Å². The predicted molar refractivity (Wildman–Crippen MR) is 123 cm³/mol. The van der Waals surface area contributed by atoms with E-state index in [1.165, 1.54) is 4.57 Å². The molecule has 11 heteroatoms. The summed E-state index contributed by atoms with van der Waals surface area (Å²) in [6.45, 7) is 2.61. The second-order valence-electron chi connectivity index (χ2n) is 7.62. The Hall–Kier alpha value is -3.86. The van der Waals surface area contributed by atoms with E-state index in [9.17, 15) is 8.78 Å². The van der Waals surface area contributed by atoms with Gasteiger partial charge in [-0.05, 0) is 18.2 Å². The van der Waals surface area contributed by atoms with Crippen LogP contribution in [0.15, 0.2) is 48.5 Å². The van der Waals surface area contributed by atoms with Crippen LogP contribution in [0.3, 0.4) is 0 Å². The molecule has 0 aliphatic carbocycles. The summed E-state index contributed by atoms with van der Waals surface area (Å²) >= 11 is 0. The topological polar surface area (TPSA) is 90.2 Å². The Morgan fingerprint density at radius 2 is 1.71 bits per heavy atom. The van der Waals surface area contributed by atoms with Gasteiger partial charge in [-0.25, -0.2) is 13.8 Å². The van der Waals surface area contributed by atoms with Crippen molar-refractivity contribution in [2.24, 2.45) is 0 Å². The van der Waals surface area contributed by atoms with Crippen molar-refractivity contribution in [1.29, 1.82) is 0 Å². The average molecular weight is 467 g/mol. The number of aromatic nitrogens is 5. The summed E-state index contributed by atoms with van der Waals surface area (Å²) in [6.07, 6.45) is -2.80. The van der Waals surface area contributed by atoms with Crippen LogP contribution in [-0.4, -0.2) is 57.9 Å². The van der Waals surface area contributed by atoms with Crippen molar-refractivity contribution in [2.45, 2.75) is 13.0 Å². The number of alkyl halides is 2. The number of halogens is 2. The van der Waals surface area contributed by atoms with Crippen molar-refractivity contribution in [3.05, 3.63) is 59.9 Å². The molecule has 1 aliphatic rings. The third kappa shape index (κ3) is 4.34. The fourth-order valence-electron chi connectivity index (χ4n) is 3.86. The SMILES string of the molecule is COc1ccccc1CNc1nc(N2CCOCC2)nc(-n2c(C(F)F)nc3ccccc32)n1. The number of benzene rings is 2. The van der Waals surface area contributed by atoms with Gasteiger partial charge in [0.2, 0.25) is 17.8 Å². The number of morpholine rings is 1. The molecule has 1 fully saturated rings. The first-order valence-electron chi connectivity index (χ1n) is 10.8. The van der Waals surface area contributed by atoms with Gasteiger partial charge in [-0.2, -0.15) is 15.0 Å². The number of rotatable bonds is 7. The smallest absolute Gasteiger partial charge is 0.296 e. The highest BCUT2D eigenvalue weighted by atomic mass is 19.3. The molecule has 1 aliphatic heterocycles. The molecular weight excluding hydrogens is 444 g/mol. The van der Waals surface area contributed by atoms with Crippen LogP contribution in [0.1, 0.15) is 17.8 Å². The highest BCUT2D eigenvalue weighted by Gasteiger charge is 2.24. The molecule has 5 rings (SSSR count). The van der Waals surface area contributed by atoms with E-state index in [0.717, 1.165) is 11.3 Å². The Morgan fingerprint density at radius 3 is 2.50 bits per heavy atom. The number of para-hydroxylation sites is 3. The minimum absolute atomic E-state index is 0.0722. The normalized spacial score (nSPS) is 14.1. The summed E-state index contributed by atoms with van der Waals surface area (Å²) in [6, 6.07) is 14.5. The van der Waals surface area contributed by atoms with Gasteiger partial charge in [-0.15, -0.1) is 0 Å². The molecule has 4 aromatic rings. The summed E-state index contributed by atoms with van der Waals surface area (Å²) in [4.78, 5) is 19.7. The molecule has 0 spiro atoms. The number of anilines is 2. The maximum Gasteiger partial charge on any atom is 0.296 e. The summed E-state index contributed by atoms with van der Waals surface area (Å²) in [5, 5.41) is 3.19. The molecule has 1 N–H and O–H groups in total. The molecule has 0 unspecified atom stereocenters. The van der Waals surface area contributed by atoms with Gasteiger partial charge >= 0.3 is 0 Å². The first-order valence-corrected chi connectivity index (χ1v) is 10.8. The van der Waals surface area contributed by atoms with E-state index >= 15 is 0 Å². The van der Waals surface area contributed by atoms with Crippen LogP contribution in [-0.2, 0) is 11.3 Å². The third-order valence-electron chi connectivity index (χ3n) is 5.52. The zero-order chi connectivity index (χ0) is 23.5. The lowest BCUT2D eigenvalue weighted by Gasteiger charge is -2.27. The number of nitrogens with one attached hydrogen (secondary N) is 1. The molecule has 0 saturated carbocycles. The fourth-order valence-corrected chi connectivity index (χ4v) is 3.86. The largest absolute Gasteiger partial charge is 0.496 e. The van der Waals surface area contributed by atoms with Crippen LogP contribution >= 0.6 is 0 Å². The van der Waals surface area contributed by atoms with Gasteiger partial charge < -0.3 is 19.7 Å². The van der Waals surface area contributed by atoms with Crippen LogP contribution in [0.2, 0.25) is 0 Å². The predicted octanol–water partition coefficient (Wildman–Crippen LogP) is 3.61. The zero-order valence-electron chi connectivity index (χ0n) is 18.5. The number of hydrogen-bond acceptors (Lipinski definition) is 8. The molecule has 3 heterocycles. The molecule has 0 radical (unpaired) electrons. The average Bonchev–Trinajstić information content (AvgIpc) is 3.28. The van der Waals surface area contributed by atoms with Gasteiger partial charge in [0.1, 0.15) is 5.75 Å². The van der Waals surface area contributed by atoms with Crippen molar-refractivity contribution in [3.8, 4) is 11.7 Å². The van der Waals surface area contributed by atoms with Crippen LogP contribution in [0.5, 0.6) is 5.75 Å². The van der Waals surface area contributed by atoms with E-state index in [0.29, 0.717) is 49.8 Å². The van der Waals surface area contributed by atoms with Crippen molar-refractivity contribution in [3.63, 3.8) is 0 Å². The van der Waals surface area contributed by atoms with Gasteiger partial charge in [-0.1, -0.05) is 30.3 Å². The van der Waals surface area contributed by atoms with Gasteiger partial charge in [-0.3, -0.25) is 4.57 Å². The first kappa shape index (κ1) is 22.0. The maximum absolute atomic E-state index is 13.9. The Bertz CT molecular complexity index is 1290. The summed E-state index contributed by atoms with van der Waals surface area (Å²) < 4.78 is 40.0. The number of methoxy groups -OCH3 is 1. The highest BCUT2D eigenvalue weighted by Crippen LogP contribution is 2.28. The molecular formula is C23H23F2N7O2. The number of fused-ring (bicyclic) bond motifs is 1. The molecule has 9 nitrogen and oxygen atoms in total. The van der Waals surface area contributed by atoms with Crippen LogP contribution in [0.4, 0.5) is 20.7 Å². The molecule has 0 atom stereocenters. The van der Waals surface area contributed by atoms with Crippen molar-refractivity contribution >= 4 is 22.9 Å². The van der Waals surface area contributed by atoms with Crippen LogP contribution in [0.25, 0.3) is 17.0 Å². The number of imidazole rings is 1. The Balaban J connectivity index is 1.59. The van der Waals surface area contributed by atoms with E-state index < -0.39 is 12.2 Å². The maximum atomic E-state index is 13.9. The summed E-state index contributed by atoms with van der Waals surface area (Å²) in [5.74, 6) is 1.02. The van der Waals surface area contributed by atoms with Gasteiger partial charge in [0, 0.05) is 25.2 Å². The fraction of sp³-hybridized carbons (Fsp3) is 0.304. The van der Waals surface area contributed by atoms with E-state index in [-0.39, 0.29) is 11.9 Å². The molecule has 0 amide bonds. The number of ether oxygens (including phenoxy) is 2. The standard InChI is InChI=1S/C23H23F2N7O2/c1-33-18-9-5-2-6-15(18)14-26-21-28-22(31-10-12-34-13-11-31)30-23(29-21)32-17-8-4-3-7-16(17)27-20(32)19(24)25/h2-9,19H,10-14H2,1H3,(H,26,28,29,30). The highest BCUT2D eigenvalue weighted by molar-refractivity contribution is 5.77. The number of hydrogen-bond donors (Lipinski definition) is 1. The summed E-state index contributed by atoms with van der Waals surface area (Å²) in [5.41, 5.74) is 1.84. The van der Waals surface area contributed by atoms with Crippen LogP contribution < -0.4 is 15.0 Å². The quantitative estimate of drug-likeness (QED) is 0.441. The Morgan fingerprint density at radius 1 is 0.971 bits per heavy atom. The van der Waals surface area contributed by atoms with E-state index in [4.69, 9.17) is 9.47 Å². The first-order chi connectivity index (χ1) is 16.6. The lowest BCUT2D eigenvalue weighted by atomic mass is 10.2. The summed E-state index contributed by atoms with van der Waals surface area (Å²) in [7, 11) is 1.60. The monoisotopic (exact) mass is 467 g/mol. The van der Waals surface area contributed by atoms with E-state index in [1.807, 2.05) is 29.2 Å². The van der Waals surface area contributed by atoms with E-state index in [2.05, 4.69) is 25.3 Å². The Labute approximate surface area is 194 Å². The molecule has 2 aromatic carbocycles. The van der Waals surface area contributed by atoms with Gasteiger partial charge in [0.25, 0.3) is 6.43 Å².